The minimum absolute atomic E-state index is 0.00273. The maximum atomic E-state index is 13.1. The van der Waals surface area contributed by atoms with Crippen molar-refractivity contribution in [1.82, 2.24) is 4.98 Å². The first-order valence-corrected chi connectivity index (χ1v) is 9.34. The molecule has 1 spiro atoms. The number of pyridine rings is 1. The number of aromatic hydroxyl groups is 1. The molecule has 1 aromatic heterocycles. The number of halogens is 3. The first-order chi connectivity index (χ1) is 13.8. The number of ether oxygens (including phenoxy) is 1. The molecule has 0 saturated carbocycles. The monoisotopic (exact) mass is 407 g/mol. The summed E-state index contributed by atoms with van der Waals surface area (Å²) in [4.78, 5) is 20.7. The van der Waals surface area contributed by atoms with E-state index in [1.807, 2.05) is 4.90 Å². The molecule has 3 heterocycles. The second-order valence-electron chi connectivity index (χ2n) is 7.36. The summed E-state index contributed by atoms with van der Waals surface area (Å²) in [5.74, 6) is -0.340. The van der Waals surface area contributed by atoms with E-state index in [-0.39, 0.29) is 17.5 Å². The number of amides is 1. The zero-order chi connectivity index (χ0) is 20.6. The Bertz CT molecular complexity index is 894. The molecule has 1 N–H and O–H groups in total. The van der Waals surface area contributed by atoms with Crippen molar-refractivity contribution in [2.24, 2.45) is 5.41 Å². The van der Waals surface area contributed by atoms with Gasteiger partial charge in [0.25, 0.3) is 0 Å². The number of piperidine rings is 1. The first kappa shape index (κ1) is 19.4. The summed E-state index contributed by atoms with van der Waals surface area (Å²) in [6.07, 6.45) is -1.24. The van der Waals surface area contributed by atoms with Gasteiger partial charge in [0.1, 0.15) is 5.75 Å². The average molecular weight is 407 g/mol. The van der Waals surface area contributed by atoms with Crippen LogP contribution in [0.2, 0.25) is 0 Å². The van der Waals surface area contributed by atoms with Gasteiger partial charge in [-0.2, -0.15) is 0 Å². The van der Waals surface area contributed by atoms with Gasteiger partial charge in [-0.1, -0.05) is 0 Å². The molecule has 2 aliphatic rings. The van der Waals surface area contributed by atoms with Gasteiger partial charge >= 0.3 is 6.36 Å². The summed E-state index contributed by atoms with van der Waals surface area (Å²) >= 11 is 0. The molecule has 0 radical (unpaired) electrons. The molecule has 154 valence electrons. The van der Waals surface area contributed by atoms with Crippen LogP contribution >= 0.6 is 0 Å². The van der Waals surface area contributed by atoms with Gasteiger partial charge in [-0.25, -0.2) is 4.98 Å². The predicted octanol–water partition coefficient (Wildman–Crippen LogP) is 3.71. The van der Waals surface area contributed by atoms with Crippen molar-refractivity contribution in [3.63, 3.8) is 0 Å². The second-order valence-corrected chi connectivity index (χ2v) is 7.36. The van der Waals surface area contributed by atoms with Crippen molar-refractivity contribution in [2.75, 3.05) is 29.4 Å². The van der Waals surface area contributed by atoms with Gasteiger partial charge < -0.3 is 19.6 Å². The van der Waals surface area contributed by atoms with Gasteiger partial charge in [0.2, 0.25) is 11.8 Å². The van der Waals surface area contributed by atoms with Crippen LogP contribution in [0.3, 0.4) is 0 Å². The molecule has 2 aliphatic heterocycles. The van der Waals surface area contributed by atoms with Gasteiger partial charge in [0.15, 0.2) is 0 Å². The van der Waals surface area contributed by atoms with Gasteiger partial charge in [-0.3, -0.25) is 4.79 Å². The average Bonchev–Trinajstić information content (AvgIpc) is 2.99. The number of alkyl halides is 3. The Hall–Kier alpha value is -2.97. The smallest absolute Gasteiger partial charge is 0.492 e. The molecule has 1 aromatic carbocycles. The fourth-order valence-electron chi connectivity index (χ4n) is 4.17. The van der Waals surface area contributed by atoms with E-state index in [0.29, 0.717) is 50.3 Å². The maximum absolute atomic E-state index is 13.1. The van der Waals surface area contributed by atoms with Gasteiger partial charge in [-0.15, -0.1) is 13.2 Å². The number of carbonyl (C=O) groups excluding carboxylic acids is 1. The molecule has 6 nitrogen and oxygen atoms in total. The Morgan fingerprint density at radius 3 is 2.31 bits per heavy atom. The Balaban J connectivity index is 1.43. The Kier molecular flexibility index (Phi) is 4.76. The molecule has 0 unspecified atom stereocenters. The molecule has 2 fully saturated rings. The van der Waals surface area contributed by atoms with E-state index in [0.717, 1.165) is 0 Å². The van der Waals surface area contributed by atoms with Crippen LogP contribution in [-0.4, -0.2) is 42.0 Å². The molecule has 2 saturated heterocycles. The molecule has 0 bridgehead atoms. The van der Waals surface area contributed by atoms with E-state index in [1.165, 1.54) is 30.5 Å². The van der Waals surface area contributed by atoms with Crippen LogP contribution in [-0.2, 0) is 4.79 Å². The number of nitrogens with zero attached hydrogens (tertiary/aromatic N) is 3. The molecular formula is C20H20F3N3O3. The summed E-state index contributed by atoms with van der Waals surface area (Å²) < 4.78 is 40.8. The molecular weight excluding hydrogens is 387 g/mol. The van der Waals surface area contributed by atoms with Crippen LogP contribution < -0.4 is 14.5 Å². The third-order valence-electron chi connectivity index (χ3n) is 5.72. The highest BCUT2D eigenvalue weighted by Crippen LogP contribution is 2.44. The van der Waals surface area contributed by atoms with Crippen molar-refractivity contribution in [3.8, 4) is 11.6 Å². The summed E-state index contributed by atoms with van der Waals surface area (Å²) in [7, 11) is 0. The van der Waals surface area contributed by atoms with Crippen molar-refractivity contribution in [1.29, 1.82) is 0 Å². The van der Waals surface area contributed by atoms with E-state index in [9.17, 15) is 23.1 Å². The Morgan fingerprint density at radius 1 is 1.03 bits per heavy atom. The van der Waals surface area contributed by atoms with Crippen LogP contribution in [0.4, 0.5) is 24.5 Å². The van der Waals surface area contributed by atoms with Crippen LogP contribution in [0.15, 0.2) is 42.6 Å². The summed E-state index contributed by atoms with van der Waals surface area (Å²) in [6.45, 7) is 1.77. The highest BCUT2D eigenvalue weighted by atomic mass is 19.4. The number of hydrogen-bond acceptors (Lipinski definition) is 5. The molecule has 4 rings (SSSR count). The van der Waals surface area contributed by atoms with E-state index in [2.05, 4.69) is 9.72 Å². The number of aromatic nitrogens is 1. The van der Waals surface area contributed by atoms with Crippen LogP contribution in [0.25, 0.3) is 0 Å². The molecule has 9 heteroatoms. The maximum Gasteiger partial charge on any atom is 0.573 e. The number of benzene rings is 1. The fraction of sp³-hybridized carbons (Fsp3) is 0.400. The minimum atomic E-state index is -4.74. The van der Waals surface area contributed by atoms with Gasteiger partial charge in [0, 0.05) is 31.5 Å². The van der Waals surface area contributed by atoms with E-state index >= 15 is 0 Å². The van der Waals surface area contributed by atoms with E-state index < -0.39 is 11.8 Å². The highest BCUT2D eigenvalue weighted by molar-refractivity contribution is 6.00. The lowest BCUT2D eigenvalue weighted by atomic mass is 9.77. The highest BCUT2D eigenvalue weighted by Gasteiger charge is 2.48. The number of anilines is 2. The summed E-state index contributed by atoms with van der Waals surface area (Å²) in [5.41, 5.74) is 0.744. The van der Waals surface area contributed by atoms with Gasteiger partial charge in [0.05, 0.1) is 11.1 Å². The van der Waals surface area contributed by atoms with Crippen LogP contribution in [0.1, 0.15) is 19.3 Å². The SMILES string of the molecule is O=C1N(c2ccc(OC(F)(F)F)cc2)CCC12CCN(c1cccnc1O)CC2. The number of rotatable bonds is 3. The summed E-state index contributed by atoms with van der Waals surface area (Å²) in [5, 5.41) is 9.95. The van der Waals surface area contributed by atoms with Crippen LogP contribution in [0, 0.1) is 5.41 Å². The lowest BCUT2D eigenvalue weighted by Gasteiger charge is -2.39. The van der Waals surface area contributed by atoms with Crippen molar-refractivity contribution in [2.45, 2.75) is 25.6 Å². The van der Waals surface area contributed by atoms with Crippen molar-refractivity contribution >= 4 is 17.3 Å². The molecule has 29 heavy (non-hydrogen) atoms. The Labute approximate surface area is 165 Å². The lowest BCUT2D eigenvalue weighted by molar-refractivity contribution is -0.274. The molecule has 1 amide bonds. The van der Waals surface area contributed by atoms with Crippen molar-refractivity contribution in [3.05, 3.63) is 42.6 Å². The third-order valence-corrected chi connectivity index (χ3v) is 5.72. The largest absolute Gasteiger partial charge is 0.573 e. The summed E-state index contributed by atoms with van der Waals surface area (Å²) in [6, 6.07) is 8.94. The molecule has 0 atom stereocenters. The molecule has 2 aromatic rings. The standard InChI is InChI=1S/C20H20F3N3O3/c21-20(22,23)29-15-5-3-14(4-6-15)26-13-9-19(18(26)28)7-11-25(12-8-19)16-2-1-10-24-17(16)27/h1-6,10H,7-9,11-13H2,(H,24,27). The van der Waals surface area contributed by atoms with Gasteiger partial charge in [-0.05, 0) is 55.7 Å². The first-order valence-electron chi connectivity index (χ1n) is 9.34. The normalized spacial score (nSPS) is 19.1. The Morgan fingerprint density at radius 2 is 1.69 bits per heavy atom. The van der Waals surface area contributed by atoms with E-state index in [1.54, 1.807) is 17.0 Å². The number of hydrogen-bond donors (Lipinski definition) is 1. The van der Waals surface area contributed by atoms with Crippen molar-refractivity contribution < 1.29 is 27.8 Å². The number of carbonyl (C=O) groups is 1. The third kappa shape index (κ3) is 3.81. The van der Waals surface area contributed by atoms with Crippen LogP contribution in [0.5, 0.6) is 11.6 Å². The second kappa shape index (κ2) is 7.13. The zero-order valence-electron chi connectivity index (χ0n) is 15.5. The quantitative estimate of drug-likeness (QED) is 0.840. The lowest BCUT2D eigenvalue weighted by Crippen LogP contribution is -2.44. The topological polar surface area (TPSA) is 65.9 Å². The fourth-order valence-corrected chi connectivity index (χ4v) is 4.17. The predicted molar refractivity (Wildman–Crippen MR) is 99.9 cm³/mol. The molecule has 0 aliphatic carbocycles. The van der Waals surface area contributed by atoms with E-state index in [4.69, 9.17) is 0 Å². The minimum Gasteiger partial charge on any atom is -0.492 e. The zero-order valence-corrected chi connectivity index (χ0v) is 15.5.